The van der Waals surface area contributed by atoms with Crippen molar-refractivity contribution in [2.45, 2.75) is 20.3 Å². The maximum atomic E-state index is 12.5. The van der Waals surface area contributed by atoms with Crippen LogP contribution in [0.5, 0.6) is 0 Å². The van der Waals surface area contributed by atoms with Crippen molar-refractivity contribution in [2.24, 2.45) is 7.05 Å². The van der Waals surface area contributed by atoms with Gasteiger partial charge in [0.2, 0.25) is 0 Å². The average Bonchev–Trinajstić information content (AvgIpc) is 2.50. The maximum absolute atomic E-state index is 12.5. The Morgan fingerprint density at radius 2 is 1.86 bits per heavy atom. The summed E-state index contributed by atoms with van der Waals surface area (Å²) in [6, 6.07) is 11.5. The minimum Gasteiger partial charge on any atom is -0.462 e. The van der Waals surface area contributed by atoms with Crippen LogP contribution in [0.2, 0.25) is 0 Å². The number of aromatic nitrogens is 1. The van der Waals surface area contributed by atoms with E-state index in [0.717, 1.165) is 16.8 Å². The Bertz CT molecular complexity index is 702. The first kappa shape index (κ1) is 15.0. The molecule has 0 fully saturated rings. The molecular weight excluding hydrogens is 266 g/mol. The van der Waals surface area contributed by atoms with E-state index in [4.69, 9.17) is 4.74 Å². The molecule has 0 saturated heterocycles. The molecule has 0 radical (unpaired) electrons. The third-order valence-electron chi connectivity index (χ3n) is 3.44. The summed E-state index contributed by atoms with van der Waals surface area (Å²) in [4.78, 5) is 24.5. The predicted molar refractivity (Wildman–Crippen MR) is 82.5 cm³/mol. The Morgan fingerprint density at radius 3 is 2.43 bits per heavy atom. The molecule has 4 heteroatoms. The molecule has 0 aliphatic rings. The fourth-order valence-electron chi connectivity index (χ4n) is 2.33. The molecule has 1 aromatic carbocycles. The Morgan fingerprint density at radius 1 is 1.19 bits per heavy atom. The number of nitrogens with zero attached hydrogens (tertiary/aromatic N) is 1. The van der Waals surface area contributed by atoms with Crippen LogP contribution in [0.4, 0.5) is 0 Å². The number of pyridine rings is 1. The van der Waals surface area contributed by atoms with Crippen LogP contribution in [0, 0.1) is 0 Å². The van der Waals surface area contributed by atoms with Gasteiger partial charge in [-0.2, -0.15) is 0 Å². The van der Waals surface area contributed by atoms with Crippen LogP contribution in [-0.2, 0) is 18.2 Å². The molecule has 4 nitrogen and oxygen atoms in total. The van der Waals surface area contributed by atoms with E-state index in [2.05, 4.69) is 0 Å². The molecule has 0 atom stereocenters. The highest BCUT2D eigenvalue weighted by molar-refractivity contribution is 5.91. The standard InChI is InChI=1S/C17H19NO3/c1-4-12-11-14(13-9-7-6-8-10-13)18(3)16(19)15(12)17(20)21-5-2/h6-11H,4-5H2,1-3H3. The molecule has 2 aromatic rings. The summed E-state index contributed by atoms with van der Waals surface area (Å²) >= 11 is 0. The topological polar surface area (TPSA) is 48.3 Å². The lowest BCUT2D eigenvalue weighted by Crippen LogP contribution is -2.28. The first-order valence-corrected chi connectivity index (χ1v) is 7.05. The van der Waals surface area contributed by atoms with Gasteiger partial charge in [-0.25, -0.2) is 4.79 Å². The van der Waals surface area contributed by atoms with Crippen molar-refractivity contribution >= 4 is 5.97 Å². The third-order valence-corrected chi connectivity index (χ3v) is 3.44. The van der Waals surface area contributed by atoms with Crippen molar-refractivity contribution in [3.05, 3.63) is 57.9 Å². The number of rotatable bonds is 4. The Hall–Kier alpha value is -2.36. The fourth-order valence-corrected chi connectivity index (χ4v) is 2.33. The zero-order valence-electron chi connectivity index (χ0n) is 12.6. The number of esters is 1. The minimum absolute atomic E-state index is 0.140. The number of hydrogen-bond acceptors (Lipinski definition) is 3. The van der Waals surface area contributed by atoms with E-state index in [-0.39, 0.29) is 17.7 Å². The van der Waals surface area contributed by atoms with Crippen LogP contribution >= 0.6 is 0 Å². The molecule has 0 spiro atoms. The van der Waals surface area contributed by atoms with Crippen LogP contribution in [0.3, 0.4) is 0 Å². The number of ether oxygens (including phenoxy) is 1. The third kappa shape index (κ3) is 2.89. The van der Waals surface area contributed by atoms with Gasteiger partial charge in [0, 0.05) is 7.05 Å². The van der Waals surface area contributed by atoms with E-state index in [1.807, 2.05) is 43.3 Å². The highest BCUT2D eigenvalue weighted by Gasteiger charge is 2.20. The number of aryl methyl sites for hydroxylation is 1. The SMILES string of the molecule is CCOC(=O)c1c(CC)cc(-c2ccccc2)n(C)c1=O. The van der Waals surface area contributed by atoms with Gasteiger partial charge in [-0.05, 0) is 30.5 Å². The molecular formula is C17H19NO3. The smallest absolute Gasteiger partial charge is 0.344 e. The Balaban J connectivity index is 2.66. The molecule has 0 N–H and O–H groups in total. The summed E-state index contributed by atoms with van der Waals surface area (Å²) in [7, 11) is 1.67. The molecule has 1 aromatic heterocycles. The second kappa shape index (κ2) is 6.39. The van der Waals surface area contributed by atoms with Gasteiger partial charge in [0.25, 0.3) is 5.56 Å². The summed E-state index contributed by atoms with van der Waals surface area (Å²) in [6.07, 6.45) is 0.601. The average molecular weight is 285 g/mol. The minimum atomic E-state index is -0.547. The van der Waals surface area contributed by atoms with E-state index in [1.54, 1.807) is 14.0 Å². The van der Waals surface area contributed by atoms with E-state index in [0.29, 0.717) is 6.42 Å². The molecule has 110 valence electrons. The lowest BCUT2D eigenvalue weighted by molar-refractivity contribution is 0.0522. The molecule has 2 rings (SSSR count). The van der Waals surface area contributed by atoms with Crippen molar-refractivity contribution in [2.75, 3.05) is 6.61 Å². The van der Waals surface area contributed by atoms with Crippen molar-refractivity contribution in [3.63, 3.8) is 0 Å². The van der Waals surface area contributed by atoms with Crippen molar-refractivity contribution < 1.29 is 9.53 Å². The molecule has 0 unspecified atom stereocenters. The second-order valence-corrected chi connectivity index (χ2v) is 4.73. The van der Waals surface area contributed by atoms with Crippen LogP contribution in [0.15, 0.2) is 41.2 Å². The van der Waals surface area contributed by atoms with Gasteiger partial charge in [0.05, 0.1) is 12.3 Å². The lowest BCUT2D eigenvalue weighted by atomic mass is 10.0. The molecule has 0 saturated carbocycles. The summed E-state index contributed by atoms with van der Waals surface area (Å²) in [5.41, 5.74) is 2.29. The zero-order chi connectivity index (χ0) is 15.4. The van der Waals surface area contributed by atoms with Gasteiger partial charge >= 0.3 is 5.97 Å². The Kier molecular flexibility index (Phi) is 4.58. The quantitative estimate of drug-likeness (QED) is 0.812. The molecule has 0 aliphatic heterocycles. The maximum Gasteiger partial charge on any atom is 0.344 e. The van der Waals surface area contributed by atoms with E-state index in [9.17, 15) is 9.59 Å². The van der Waals surface area contributed by atoms with Gasteiger partial charge in [-0.1, -0.05) is 37.3 Å². The summed E-state index contributed by atoms with van der Waals surface area (Å²) in [5.74, 6) is -0.547. The number of carbonyl (C=O) groups excluding carboxylic acids is 1. The largest absolute Gasteiger partial charge is 0.462 e. The monoisotopic (exact) mass is 285 g/mol. The Labute approximate surface area is 124 Å². The molecule has 21 heavy (non-hydrogen) atoms. The van der Waals surface area contributed by atoms with Crippen molar-refractivity contribution in [1.82, 2.24) is 4.57 Å². The van der Waals surface area contributed by atoms with Gasteiger partial charge in [-0.15, -0.1) is 0 Å². The number of hydrogen-bond donors (Lipinski definition) is 0. The van der Waals surface area contributed by atoms with Gasteiger partial charge in [-0.3, -0.25) is 4.79 Å². The molecule has 0 amide bonds. The van der Waals surface area contributed by atoms with Gasteiger partial charge in [0.15, 0.2) is 0 Å². The fraction of sp³-hybridized carbons (Fsp3) is 0.294. The molecule has 0 bridgehead atoms. The van der Waals surface area contributed by atoms with Crippen LogP contribution < -0.4 is 5.56 Å². The summed E-state index contributed by atoms with van der Waals surface area (Å²) in [6.45, 7) is 3.91. The van der Waals surface area contributed by atoms with Gasteiger partial charge in [0.1, 0.15) is 5.56 Å². The first-order chi connectivity index (χ1) is 10.1. The van der Waals surface area contributed by atoms with E-state index >= 15 is 0 Å². The highest BCUT2D eigenvalue weighted by atomic mass is 16.5. The normalized spacial score (nSPS) is 10.4. The summed E-state index contributed by atoms with van der Waals surface area (Å²) < 4.78 is 6.50. The number of carbonyl (C=O) groups is 1. The van der Waals surface area contributed by atoms with E-state index < -0.39 is 5.97 Å². The summed E-state index contributed by atoms with van der Waals surface area (Å²) in [5, 5.41) is 0. The van der Waals surface area contributed by atoms with Gasteiger partial charge < -0.3 is 9.30 Å². The van der Waals surface area contributed by atoms with Crippen LogP contribution in [-0.4, -0.2) is 17.1 Å². The zero-order valence-corrected chi connectivity index (χ0v) is 12.6. The second-order valence-electron chi connectivity index (χ2n) is 4.73. The van der Waals surface area contributed by atoms with E-state index in [1.165, 1.54) is 4.57 Å². The first-order valence-electron chi connectivity index (χ1n) is 7.05. The predicted octanol–water partition coefficient (Wildman–Crippen LogP) is 2.79. The van der Waals surface area contributed by atoms with Crippen LogP contribution in [0.25, 0.3) is 11.3 Å². The van der Waals surface area contributed by atoms with Crippen molar-refractivity contribution in [3.8, 4) is 11.3 Å². The number of benzene rings is 1. The van der Waals surface area contributed by atoms with Crippen molar-refractivity contribution in [1.29, 1.82) is 0 Å². The molecule has 1 heterocycles. The lowest BCUT2D eigenvalue weighted by Gasteiger charge is -2.14. The molecule has 0 aliphatic carbocycles. The van der Waals surface area contributed by atoms with Crippen LogP contribution in [0.1, 0.15) is 29.8 Å². The highest BCUT2D eigenvalue weighted by Crippen LogP contribution is 2.20.